The molecule has 0 spiro atoms. The van der Waals surface area contributed by atoms with Crippen LogP contribution in [-0.2, 0) is 11.0 Å². The van der Waals surface area contributed by atoms with Crippen LogP contribution in [0.4, 0.5) is 8.78 Å². The molecule has 0 aliphatic carbocycles. The van der Waals surface area contributed by atoms with E-state index in [4.69, 9.17) is 14.5 Å². The van der Waals surface area contributed by atoms with Gasteiger partial charge in [-0.25, -0.2) is 8.78 Å². The van der Waals surface area contributed by atoms with Crippen LogP contribution in [0.5, 0.6) is 0 Å². The van der Waals surface area contributed by atoms with Crippen LogP contribution in [0, 0.1) is 35.3 Å². The summed E-state index contributed by atoms with van der Waals surface area (Å²) in [6, 6.07) is 19.4. The molecule has 3 nitrogen and oxygen atoms in total. The number of benzene rings is 1. The number of rotatable bonds is 31. The fraction of sp³-hybridized carbons (Fsp3) is 0.612. The molecule has 0 amide bonds. The maximum Gasteiger partial charge on any atom is 0.170 e. The lowest BCUT2D eigenvalue weighted by Crippen LogP contribution is -2.57. The molecule has 80 heavy (non-hydrogen) atoms. The first-order chi connectivity index (χ1) is 38.5. The number of fused-ring (bicyclic) bond motifs is 7. The molecular formula is C67H95F2N3S6Si2. The van der Waals surface area contributed by atoms with E-state index in [1.165, 1.54) is 163 Å². The van der Waals surface area contributed by atoms with E-state index in [1.807, 2.05) is 34.0 Å². The number of hydrogen-bond acceptors (Lipinski definition) is 9. The zero-order valence-corrected chi connectivity index (χ0v) is 57.9. The molecule has 2 aliphatic rings. The fourth-order valence-electron chi connectivity index (χ4n) is 14.2. The summed E-state index contributed by atoms with van der Waals surface area (Å²) in [5, 5.41) is 6.20. The Morgan fingerprint density at radius 3 is 1.18 bits per heavy atom. The van der Waals surface area contributed by atoms with Crippen molar-refractivity contribution >= 4 is 116 Å². The molecule has 0 fully saturated rings. The molecule has 0 saturated heterocycles. The van der Waals surface area contributed by atoms with Gasteiger partial charge in [-0.05, 0) is 132 Å². The lowest BCUT2D eigenvalue weighted by Gasteiger charge is -2.36. The van der Waals surface area contributed by atoms with Gasteiger partial charge in [0.2, 0.25) is 0 Å². The highest BCUT2D eigenvalue weighted by Crippen LogP contribution is 2.54. The Morgan fingerprint density at radius 2 is 0.825 bits per heavy atom. The van der Waals surface area contributed by atoms with Crippen LogP contribution in [0.2, 0.25) is 24.2 Å². The highest BCUT2D eigenvalue weighted by atomic mass is 32.1. The minimum atomic E-state index is -2.49. The number of aromatic nitrogens is 2. The Balaban J connectivity index is 1.24. The van der Waals surface area contributed by atoms with Crippen molar-refractivity contribution in [1.82, 2.24) is 8.75 Å². The predicted octanol–water partition coefficient (Wildman–Crippen LogP) is 21.5. The molecule has 9 rings (SSSR count). The zero-order valence-electron chi connectivity index (χ0n) is 51.0. The lowest BCUT2D eigenvalue weighted by atomic mass is 9.83. The number of nitrogens with zero attached hydrogens (tertiary/aromatic N) is 2. The van der Waals surface area contributed by atoms with Crippen molar-refractivity contribution < 1.29 is 8.78 Å². The maximum atomic E-state index is 18.2. The van der Waals surface area contributed by atoms with Gasteiger partial charge in [-0.1, -0.05) is 179 Å². The standard InChI is InChI=1S/C67H95F2N3S6Si2/c1-14-24-28-42(18-5)38-79(39-43(19-6)29-25-15-2)50-34-47(46-32-33-54(73-46)66(11,12)70)74-62(50)63-51(79)35-48(75-63)56-58(68)59(69)57(61-60(56)71-78-72-61)49-36-52-64(76-49)65-53(37-55(77-65)67(13,22-9)23-10)80(52,40-44(20-7)30-26-16-3)41-45(21-8)31-27-17-4/h32-37,42-45H,14-31,38-41,70H2,1-13H3. The van der Waals surface area contributed by atoms with Crippen molar-refractivity contribution in [2.24, 2.45) is 29.4 Å². The molecule has 0 radical (unpaired) electrons. The summed E-state index contributed by atoms with van der Waals surface area (Å²) in [6.45, 7) is 30.3. The number of thiophene rings is 5. The first-order valence-electron chi connectivity index (χ1n) is 31.6. The Bertz CT molecular complexity index is 3160. The average Bonchev–Trinajstić information content (AvgIpc) is 4.53. The lowest BCUT2D eigenvalue weighted by molar-refractivity contribution is 0.448. The highest BCUT2D eigenvalue weighted by molar-refractivity contribution is 7.33. The molecule has 13 heteroatoms. The highest BCUT2D eigenvalue weighted by Gasteiger charge is 2.53. The Kier molecular flexibility index (Phi) is 20.4. The van der Waals surface area contributed by atoms with E-state index in [2.05, 4.69) is 126 Å². The number of hydrogen-bond donors (Lipinski definition) is 1. The van der Waals surface area contributed by atoms with Gasteiger partial charge in [-0.3, -0.25) is 0 Å². The smallest absolute Gasteiger partial charge is 0.170 e. The largest absolute Gasteiger partial charge is 0.321 e. The molecule has 2 aliphatic heterocycles. The van der Waals surface area contributed by atoms with Crippen molar-refractivity contribution in [3.63, 3.8) is 0 Å². The first kappa shape index (κ1) is 62.3. The molecule has 0 bridgehead atoms. The van der Waals surface area contributed by atoms with Crippen LogP contribution in [0.15, 0.2) is 36.4 Å². The van der Waals surface area contributed by atoms with E-state index in [9.17, 15) is 0 Å². The van der Waals surface area contributed by atoms with Gasteiger partial charge in [-0.2, -0.15) is 8.75 Å². The Labute approximate surface area is 507 Å². The van der Waals surface area contributed by atoms with Gasteiger partial charge in [0.25, 0.3) is 0 Å². The summed E-state index contributed by atoms with van der Waals surface area (Å²) in [7, 11) is -4.92. The van der Waals surface area contributed by atoms with Crippen LogP contribution in [0.1, 0.15) is 215 Å². The normalized spacial score (nSPS) is 18.5. The van der Waals surface area contributed by atoms with E-state index in [-0.39, 0.29) is 5.41 Å². The second kappa shape index (κ2) is 26.2. The number of nitrogens with two attached hydrogens (primary N) is 1. The van der Waals surface area contributed by atoms with Crippen LogP contribution in [-0.4, -0.2) is 24.9 Å². The van der Waals surface area contributed by atoms with Crippen LogP contribution in [0.25, 0.3) is 61.2 Å². The summed E-state index contributed by atoms with van der Waals surface area (Å²) in [5.41, 5.74) is 8.03. The van der Waals surface area contributed by atoms with Crippen LogP contribution < -0.4 is 26.5 Å². The van der Waals surface area contributed by atoms with E-state index in [0.29, 0.717) is 45.8 Å². The van der Waals surface area contributed by atoms with Gasteiger partial charge in [0.1, 0.15) is 27.2 Å². The molecule has 436 valence electrons. The SMILES string of the molecule is CCCCC(CC)C[Si]1(CC(CC)CCCC)c2cc(-c3ccc(C(C)(C)N)s3)sc2-c2sc(-c3c(F)c(F)c(-c4cc5c(s4)-c4sc(C(C)(CC)CC)cc4[Si]5(CC(CC)CCCC)CC(CC)CCCC)c4nsnc34)cc21. The van der Waals surface area contributed by atoms with Gasteiger partial charge in [0, 0.05) is 59.7 Å². The molecule has 0 saturated carbocycles. The van der Waals surface area contributed by atoms with E-state index >= 15 is 8.78 Å². The second-order valence-electron chi connectivity index (χ2n) is 25.6. The van der Waals surface area contributed by atoms with Gasteiger partial charge >= 0.3 is 0 Å². The number of unbranched alkanes of at least 4 members (excludes halogenated alkanes) is 4. The van der Waals surface area contributed by atoms with Gasteiger partial charge < -0.3 is 5.73 Å². The summed E-state index contributed by atoms with van der Waals surface area (Å²) < 4.78 is 46.4. The topological polar surface area (TPSA) is 51.8 Å². The van der Waals surface area contributed by atoms with Crippen molar-refractivity contribution in [1.29, 1.82) is 0 Å². The van der Waals surface area contributed by atoms with Crippen molar-refractivity contribution in [3.05, 3.63) is 57.8 Å². The molecular weight excluding hydrogens is 1130 g/mol. The molecule has 8 heterocycles. The molecule has 1 aromatic carbocycles. The Hall–Kier alpha value is -2.21. The van der Waals surface area contributed by atoms with E-state index < -0.39 is 33.3 Å². The van der Waals surface area contributed by atoms with Crippen molar-refractivity contribution in [2.45, 2.75) is 241 Å². The minimum Gasteiger partial charge on any atom is -0.321 e. The predicted molar refractivity (Wildman–Crippen MR) is 362 cm³/mol. The van der Waals surface area contributed by atoms with Crippen LogP contribution >= 0.6 is 68.4 Å². The van der Waals surface area contributed by atoms with Gasteiger partial charge in [-0.15, -0.1) is 56.7 Å². The third kappa shape index (κ3) is 11.6. The summed E-state index contributed by atoms with van der Waals surface area (Å²) in [6.07, 6.45) is 21.6. The van der Waals surface area contributed by atoms with E-state index in [1.54, 1.807) is 33.0 Å². The monoisotopic (exact) mass is 1230 g/mol. The van der Waals surface area contributed by atoms with E-state index in [0.717, 1.165) is 47.2 Å². The van der Waals surface area contributed by atoms with Crippen molar-refractivity contribution in [2.75, 3.05) is 0 Å². The summed E-state index contributed by atoms with van der Waals surface area (Å²) in [5.74, 6) is 0.937. The summed E-state index contributed by atoms with van der Waals surface area (Å²) >= 11 is 10.3. The van der Waals surface area contributed by atoms with Gasteiger partial charge in [0.15, 0.2) is 11.6 Å². The molecule has 4 unspecified atom stereocenters. The van der Waals surface area contributed by atoms with Crippen LogP contribution in [0.3, 0.4) is 0 Å². The van der Waals surface area contributed by atoms with Gasteiger partial charge in [0.05, 0.1) is 22.9 Å². The maximum absolute atomic E-state index is 18.2. The minimum absolute atomic E-state index is 0.102. The van der Waals surface area contributed by atoms with Crippen molar-refractivity contribution in [3.8, 4) is 50.1 Å². The third-order valence-electron chi connectivity index (χ3n) is 19.9. The number of halogens is 2. The molecule has 4 atom stereocenters. The average molecular weight is 1230 g/mol. The molecule has 6 aromatic heterocycles. The quantitative estimate of drug-likeness (QED) is 0.0441. The Morgan fingerprint density at radius 1 is 0.463 bits per heavy atom. The third-order valence-corrected chi connectivity index (χ3v) is 38.7. The fourth-order valence-corrected chi connectivity index (χ4v) is 37.1. The molecule has 7 aromatic rings. The zero-order chi connectivity index (χ0) is 57.3. The second-order valence-corrected chi connectivity index (χ2v) is 39.5. The summed E-state index contributed by atoms with van der Waals surface area (Å²) in [4.78, 5) is 12.4. The molecule has 2 N–H and O–H groups in total. The first-order valence-corrected chi connectivity index (χ1v) is 41.2.